The maximum absolute atomic E-state index is 5.82. The summed E-state index contributed by atoms with van der Waals surface area (Å²) in [5.74, 6) is 2.28. The summed E-state index contributed by atoms with van der Waals surface area (Å²) < 4.78 is 13.5. The highest BCUT2D eigenvalue weighted by Gasteiger charge is 2.23. The molecule has 1 N–H and O–H groups in total. The fraction of sp³-hybridized carbons (Fsp3) is 0.385. The van der Waals surface area contributed by atoms with Gasteiger partial charge < -0.3 is 14.2 Å². The highest BCUT2D eigenvalue weighted by atomic mass is 16.5. The van der Waals surface area contributed by atoms with E-state index in [0.29, 0.717) is 12.5 Å². The third-order valence-corrected chi connectivity index (χ3v) is 7.03. The van der Waals surface area contributed by atoms with Gasteiger partial charge in [-0.1, -0.05) is 18.0 Å². The maximum Gasteiger partial charge on any atom is 0.142 e. The number of nitrogens with zero attached hydrogens (tertiary/aromatic N) is 5. The predicted octanol–water partition coefficient (Wildman–Crippen LogP) is 5.60. The lowest BCUT2D eigenvalue weighted by molar-refractivity contribution is 0.393. The first-order valence-electron chi connectivity index (χ1n) is 11.9. The number of fused-ring (bicyclic) bond motifs is 3. The Kier molecular flexibility index (Phi) is 4.90. The molecule has 34 heavy (non-hydrogen) atoms. The first kappa shape index (κ1) is 20.9. The molecular formula is C26H28N6O2. The van der Waals surface area contributed by atoms with Crippen LogP contribution in [0.1, 0.15) is 60.4 Å². The van der Waals surface area contributed by atoms with Crippen LogP contribution in [-0.4, -0.2) is 37.0 Å². The van der Waals surface area contributed by atoms with Crippen molar-refractivity contribution in [1.82, 2.24) is 29.9 Å². The minimum atomic E-state index is 0.490. The van der Waals surface area contributed by atoms with E-state index in [4.69, 9.17) is 19.2 Å². The molecule has 1 fully saturated rings. The highest BCUT2D eigenvalue weighted by molar-refractivity contribution is 6.09. The van der Waals surface area contributed by atoms with Crippen LogP contribution in [0.2, 0.25) is 0 Å². The maximum atomic E-state index is 5.82. The molecule has 4 aromatic heterocycles. The van der Waals surface area contributed by atoms with E-state index in [-0.39, 0.29) is 0 Å². The summed E-state index contributed by atoms with van der Waals surface area (Å²) in [6.07, 6.45) is 7.56. The molecule has 0 unspecified atom stereocenters. The van der Waals surface area contributed by atoms with Crippen molar-refractivity contribution in [3.8, 4) is 16.9 Å². The highest BCUT2D eigenvalue weighted by Crippen LogP contribution is 2.40. The number of ether oxygens (including phenoxy) is 1. The quantitative estimate of drug-likeness (QED) is 0.370. The summed E-state index contributed by atoms with van der Waals surface area (Å²) in [6, 6.07) is 6.78. The van der Waals surface area contributed by atoms with E-state index in [1.165, 1.54) is 31.4 Å². The van der Waals surface area contributed by atoms with Gasteiger partial charge in [0.25, 0.3) is 0 Å². The monoisotopic (exact) mass is 456 g/mol. The normalized spacial score (nSPS) is 14.6. The van der Waals surface area contributed by atoms with Gasteiger partial charge in [0.15, 0.2) is 0 Å². The third-order valence-electron chi connectivity index (χ3n) is 7.03. The number of nitrogens with one attached hydrogen (secondary N) is 1. The van der Waals surface area contributed by atoms with Crippen LogP contribution in [-0.2, 0) is 6.42 Å². The van der Waals surface area contributed by atoms with Gasteiger partial charge in [-0.25, -0.2) is 9.97 Å². The molecule has 1 aromatic carbocycles. The fourth-order valence-corrected chi connectivity index (χ4v) is 5.51. The summed E-state index contributed by atoms with van der Waals surface area (Å²) in [5.41, 5.74) is 6.76. The number of hydrogen-bond acceptors (Lipinski definition) is 6. The third kappa shape index (κ3) is 3.28. The van der Waals surface area contributed by atoms with Gasteiger partial charge in [0.05, 0.1) is 30.1 Å². The lowest BCUT2D eigenvalue weighted by atomic mass is 10.00. The molecular weight excluding hydrogens is 428 g/mol. The van der Waals surface area contributed by atoms with Crippen LogP contribution < -0.4 is 4.74 Å². The standard InChI is InChI=1S/C26H28N6O2/c1-14-24(15(2)34-31-14)20-12-21-19(13-23(20)33-4)25-22(28-16(3)29-26(25)30-21)11-18-9-10-27-32(18)17-7-5-6-8-17/h9-10,12-13,17H,5-8,11H2,1-4H3,(H,28,29,30). The largest absolute Gasteiger partial charge is 0.496 e. The molecule has 8 heteroatoms. The summed E-state index contributed by atoms with van der Waals surface area (Å²) in [6.45, 7) is 5.81. The summed E-state index contributed by atoms with van der Waals surface area (Å²) in [7, 11) is 1.69. The van der Waals surface area contributed by atoms with Crippen molar-refractivity contribution in [2.24, 2.45) is 0 Å². The van der Waals surface area contributed by atoms with Crippen LogP contribution >= 0.6 is 0 Å². The van der Waals surface area contributed by atoms with E-state index in [0.717, 1.165) is 61.8 Å². The van der Waals surface area contributed by atoms with Crippen LogP contribution in [0, 0.1) is 20.8 Å². The van der Waals surface area contributed by atoms with Crippen molar-refractivity contribution in [3.05, 3.63) is 53.1 Å². The van der Waals surface area contributed by atoms with Crippen molar-refractivity contribution in [3.63, 3.8) is 0 Å². The van der Waals surface area contributed by atoms with E-state index in [1.54, 1.807) is 7.11 Å². The van der Waals surface area contributed by atoms with E-state index < -0.39 is 0 Å². The molecule has 0 bridgehead atoms. The molecule has 1 saturated carbocycles. The molecule has 0 spiro atoms. The number of hydrogen-bond donors (Lipinski definition) is 1. The first-order chi connectivity index (χ1) is 16.5. The molecule has 8 nitrogen and oxygen atoms in total. The summed E-state index contributed by atoms with van der Waals surface area (Å²) >= 11 is 0. The van der Waals surface area contributed by atoms with Crippen LogP contribution in [0.15, 0.2) is 28.9 Å². The van der Waals surface area contributed by atoms with Gasteiger partial charge >= 0.3 is 0 Å². The Morgan fingerprint density at radius 1 is 1.15 bits per heavy atom. The second kappa shape index (κ2) is 7.97. The van der Waals surface area contributed by atoms with E-state index in [2.05, 4.69) is 38.1 Å². The van der Waals surface area contributed by atoms with Crippen molar-refractivity contribution >= 4 is 21.9 Å². The molecule has 5 aromatic rings. The molecule has 0 saturated heterocycles. The first-order valence-corrected chi connectivity index (χ1v) is 11.9. The second-order valence-electron chi connectivity index (χ2n) is 9.25. The number of rotatable bonds is 5. The number of aromatic amines is 1. The number of aryl methyl sites for hydroxylation is 3. The zero-order valence-electron chi connectivity index (χ0n) is 20.0. The van der Waals surface area contributed by atoms with Crippen molar-refractivity contribution in [2.45, 2.75) is 58.9 Å². The average molecular weight is 457 g/mol. The molecule has 0 radical (unpaired) electrons. The summed E-state index contributed by atoms with van der Waals surface area (Å²) in [5, 5.41) is 10.9. The van der Waals surface area contributed by atoms with Gasteiger partial charge in [-0.3, -0.25) is 4.68 Å². The zero-order valence-corrected chi connectivity index (χ0v) is 20.0. The minimum absolute atomic E-state index is 0.490. The Bertz CT molecular complexity index is 1500. The lowest BCUT2D eigenvalue weighted by Gasteiger charge is -2.14. The topological polar surface area (TPSA) is 94.7 Å². The van der Waals surface area contributed by atoms with Crippen molar-refractivity contribution in [1.29, 1.82) is 0 Å². The Morgan fingerprint density at radius 2 is 1.97 bits per heavy atom. The minimum Gasteiger partial charge on any atom is -0.496 e. The molecule has 6 rings (SSSR count). The summed E-state index contributed by atoms with van der Waals surface area (Å²) in [4.78, 5) is 13.1. The Hall–Kier alpha value is -3.68. The Labute approximate surface area is 197 Å². The molecule has 0 aliphatic heterocycles. The van der Waals surface area contributed by atoms with Gasteiger partial charge in [-0.15, -0.1) is 0 Å². The van der Waals surface area contributed by atoms with Crippen LogP contribution in [0.3, 0.4) is 0 Å². The predicted molar refractivity (Wildman–Crippen MR) is 130 cm³/mol. The van der Waals surface area contributed by atoms with E-state index in [9.17, 15) is 0 Å². The Balaban J connectivity index is 1.53. The second-order valence-corrected chi connectivity index (χ2v) is 9.25. The van der Waals surface area contributed by atoms with Gasteiger partial charge in [0.1, 0.15) is 23.0 Å². The van der Waals surface area contributed by atoms with E-state index >= 15 is 0 Å². The van der Waals surface area contributed by atoms with Gasteiger partial charge in [-0.2, -0.15) is 5.10 Å². The number of benzene rings is 1. The van der Waals surface area contributed by atoms with Crippen molar-refractivity contribution in [2.75, 3.05) is 7.11 Å². The molecule has 1 aliphatic carbocycles. The Morgan fingerprint density at radius 3 is 2.71 bits per heavy atom. The lowest BCUT2D eigenvalue weighted by Crippen LogP contribution is -2.11. The van der Waals surface area contributed by atoms with Gasteiger partial charge in [0, 0.05) is 40.2 Å². The molecule has 1 aliphatic rings. The molecule has 174 valence electrons. The number of aromatic nitrogens is 6. The number of methoxy groups -OCH3 is 1. The number of H-pyrrole nitrogens is 1. The zero-order chi connectivity index (χ0) is 23.4. The fourth-order valence-electron chi connectivity index (χ4n) is 5.51. The van der Waals surface area contributed by atoms with Crippen molar-refractivity contribution < 1.29 is 9.26 Å². The molecule has 4 heterocycles. The van der Waals surface area contributed by atoms with Crippen LogP contribution in [0.4, 0.5) is 0 Å². The van der Waals surface area contributed by atoms with Gasteiger partial charge in [0.2, 0.25) is 0 Å². The van der Waals surface area contributed by atoms with Gasteiger partial charge in [-0.05, 0) is 51.8 Å². The van der Waals surface area contributed by atoms with Crippen LogP contribution in [0.5, 0.6) is 5.75 Å². The average Bonchev–Trinajstić information content (AvgIpc) is 3.59. The SMILES string of the molecule is COc1cc2c(cc1-c1c(C)noc1C)[nH]c1nc(C)nc(Cc3ccnn3C3CCCC3)c12. The molecule has 0 atom stereocenters. The smallest absolute Gasteiger partial charge is 0.142 e. The molecule has 0 amide bonds. The van der Waals surface area contributed by atoms with E-state index in [1.807, 2.05) is 27.0 Å². The van der Waals surface area contributed by atoms with Crippen LogP contribution in [0.25, 0.3) is 33.1 Å².